The number of hydrogen-bond acceptors (Lipinski definition) is 6. The van der Waals surface area contributed by atoms with Gasteiger partial charge in [0, 0.05) is 11.4 Å². The highest BCUT2D eigenvalue weighted by molar-refractivity contribution is 6.27. The van der Waals surface area contributed by atoms with Crippen LogP contribution in [0.2, 0.25) is 0 Å². The minimum Gasteiger partial charge on any atom is -0.497 e. The quantitative estimate of drug-likeness (QED) is 0.428. The van der Waals surface area contributed by atoms with Crippen LogP contribution in [0.4, 0.5) is 11.4 Å². The van der Waals surface area contributed by atoms with E-state index in [1.54, 1.807) is 43.3 Å². The number of anilines is 2. The third-order valence-electron chi connectivity index (χ3n) is 4.58. The largest absolute Gasteiger partial charge is 0.497 e. The number of hydrogen-bond donors (Lipinski definition) is 4. The van der Waals surface area contributed by atoms with Gasteiger partial charge in [-0.1, -0.05) is 32.0 Å². The number of benzene rings is 2. The van der Waals surface area contributed by atoms with Crippen LogP contribution in [0.15, 0.2) is 42.5 Å². The summed E-state index contributed by atoms with van der Waals surface area (Å²) in [6, 6.07) is 13.1. The van der Waals surface area contributed by atoms with Crippen LogP contribution in [0.25, 0.3) is 0 Å². The average molecular weight is 474 g/mol. The number of likely N-dealkylation sites (N-methyl/N-ethyl adjacent to an activating group) is 1. The first-order valence-electron chi connectivity index (χ1n) is 10.4. The van der Waals surface area contributed by atoms with Crippen molar-refractivity contribution in [1.29, 1.82) is 0 Å². The number of rotatable bonds is 8. The SMILES string of the molecule is COc1ccc(NC(=O)CN(C)CC(=O)Nc2c(C)cccc2C(C)C)cc1.O=C(O)C(=O)O. The number of para-hydroxylation sites is 1. The van der Waals surface area contributed by atoms with Crippen molar-refractivity contribution in [3.8, 4) is 5.75 Å². The summed E-state index contributed by atoms with van der Waals surface area (Å²) in [6.07, 6.45) is 0. The van der Waals surface area contributed by atoms with Gasteiger partial charge in [0.05, 0.1) is 20.2 Å². The van der Waals surface area contributed by atoms with E-state index in [2.05, 4.69) is 24.5 Å². The Balaban J connectivity index is 0.000000852. The fourth-order valence-electron chi connectivity index (χ4n) is 2.94. The number of nitrogens with one attached hydrogen (secondary N) is 2. The second kappa shape index (κ2) is 13.6. The van der Waals surface area contributed by atoms with Gasteiger partial charge in [0.25, 0.3) is 0 Å². The van der Waals surface area contributed by atoms with Gasteiger partial charge < -0.3 is 25.6 Å². The van der Waals surface area contributed by atoms with Crippen LogP contribution in [-0.4, -0.2) is 66.1 Å². The van der Waals surface area contributed by atoms with Crippen molar-refractivity contribution in [2.24, 2.45) is 0 Å². The molecule has 2 amide bonds. The van der Waals surface area contributed by atoms with Gasteiger partial charge in [-0.25, -0.2) is 9.59 Å². The summed E-state index contributed by atoms with van der Waals surface area (Å²) in [5.41, 5.74) is 3.68. The second-order valence-electron chi connectivity index (χ2n) is 7.80. The molecule has 0 radical (unpaired) electrons. The van der Waals surface area contributed by atoms with Crippen LogP contribution in [-0.2, 0) is 19.2 Å². The Kier molecular flexibility index (Phi) is 11.2. The molecule has 0 aliphatic rings. The van der Waals surface area contributed by atoms with E-state index in [1.807, 2.05) is 25.1 Å². The van der Waals surface area contributed by atoms with E-state index in [4.69, 9.17) is 24.5 Å². The third kappa shape index (κ3) is 9.70. The lowest BCUT2D eigenvalue weighted by atomic mass is 9.98. The lowest BCUT2D eigenvalue weighted by molar-refractivity contribution is -0.159. The lowest BCUT2D eigenvalue weighted by Crippen LogP contribution is -2.36. The number of carbonyl (C=O) groups excluding carboxylic acids is 2. The molecule has 0 fully saturated rings. The van der Waals surface area contributed by atoms with Crippen molar-refractivity contribution in [3.05, 3.63) is 53.6 Å². The Bertz CT molecular complexity index is 992. The first kappa shape index (κ1) is 28.1. The molecule has 0 spiro atoms. The molecule has 0 atom stereocenters. The van der Waals surface area contributed by atoms with Gasteiger partial charge >= 0.3 is 11.9 Å². The maximum absolute atomic E-state index is 12.5. The molecule has 10 nitrogen and oxygen atoms in total. The van der Waals surface area contributed by atoms with Crippen molar-refractivity contribution in [2.45, 2.75) is 26.7 Å². The third-order valence-corrected chi connectivity index (χ3v) is 4.58. The minimum atomic E-state index is -1.82. The Morgan fingerprint density at radius 1 is 0.912 bits per heavy atom. The summed E-state index contributed by atoms with van der Waals surface area (Å²) in [5, 5.41) is 20.6. The van der Waals surface area contributed by atoms with Crippen LogP contribution in [0.1, 0.15) is 30.9 Å². The highest BCUT2D eigenvalue weighted by Crippen LogP contribution is 2.27. The van der Waals surface area contributed by atoms with Crippen molar-refractivity contribution in [3.63, 3.8) is 0 Å². The van der Waals surface area contributed by atoms with E-state index in [0.29, 0.717) is 11.6 Å². The van der Waals surface area contributed by atoms with Gasteiger partial charge in [-0.2, -0.15) is 0 Å². The second-order valence-corrected chi connectivity index (χ2v) is 7.80. The number of aryl methyl sites for hydroxylation is 1. The molecule has 2 rings (SSSR count). The van der Waals surface area contributed by atoms with E-state index in [1.165, 1.54) is 0 Å². The van der Waals surface area contributed by atoms with Gasteiger partial charge in [-0.05, 0) is 55.3 Å². The van der Waals surface area contributed by atoms with E-state index in [-0.39, 0.29) is 24.9 Å². The van der Waals surface area contributed by atoms with Gasteiger partial charge in [0.2, 0.25) is 11.8 Å². The summed E-state index contributed by atoms with van der Waals surface area (Å²) >= 11 is 0. The molecule has 0 aliphatic heterocycles. The molecule has 0 saturated heterocycles. The van der Waals surface area contributed by atoms with Gasteiger partial charge in [0.15, 0.2) is 0 Å². The maximum Gasteiger partial charge on any atom is 0.414 e. The van der Waals surface area contributed by atoms with Crippen LogP contribution >= 0.6 is 0 Å². The average Bonchev–Trinajstić information content (AvgIpc) is 2.75. The highest BCUT2D eigenvalue weighted by atomic mass is 16.5. The van der Waals surface area contributed by atoms with Crippen molar-refractivity contribution < 1.29 is 34.1 Å². The van der Waals surface area contributed by atoms with Gasteiger partial charge in [0.1, 0.15) is 5.75 Å². The predicted molar refractivity (Wildman–Crippen MR) is 128 cm³/mol. The Morgan fingerprint density at radius 2 is 1.44 bits per heavy atom. The zero-order valence-corrected chi connectivity index (χ0v) is 19.9. The molecule has 0 unspecified atom stereocenters. The maximum atomic E-state index is 12.5. The zero-order valence-electron chi connectivity index (χ0n) is 19.9. The summed E-state index contributed by atoms with van der Waals surface area (Å²) in [5.74, 6) is -2.94. The van der Waals surface area contributed by atoms with Crippen LogP contribution in [0, 0.1) is 6.92 Å². The number of nitrogens with zero attached hydrogens (tertiary/aromatic N) is 1. The molecule has 2 aromatic carbocycles. The van der Waals surface area contributed by atoms with Gasteiger partial charge in [-0.15, -0.1) is 0 Å². The van der Waals surface area contributed by atoms with Gasteiger partial charge in [-0.3, -0.25) is 14.5 Å². The molecule has 4 N–H and O–H groups in total. The van der Waals surface area contributed by atoms with E-state index >= 15 is 0 Å². The first-order chi connectivity index (χ1) is 15.9. The first-order valence-corrected chi connectivity index (χ1v) is 10.4. The summed E-state index contributed by atoms with van der Waals surface area (Å²) in [6.45, 7) is 6.42. The normalized spacial score (nSPS) is 10.2. The van der Waals surface area contributed by atoms with E-state index in [9.17, 15) is 9.59 Å². The number of carbonyl (C=O) groups is 4. The summed E-state index contributed by atoms with van der Waals surface area (Å²) in [4.78, 5) is 44.5. The molecule has 34 heavy (non-hydrogen) atoms. The summed E-state index contributed by atoms with van der Waals surface area (Å²) in [7, 11) is 3.34. The monoisotopic (exact) mass is 473 g/mol. The number of aliphatic carboxylic acids is 2. The number of ether oxygens (including phenoxy) is 1. The number of carboxylic acids is 2. The molecule has 2 aromatic rings. The zero-order chi connectivity index (χ0) is 25.8. The number of amides is 2. The van der Waals surface area contributed by atoms with Crippen molar-refractivity contribution in [2.75, 3.05) is 37.9 Å². The molecule has 10 heteroatoms. The molecule has 0 aromatic heterocycles. The number of methoxy groups -OCH3 is 1. The summed E-state index contributed by atoms with van der Waals surface area (Å²) < 4.78 is 5.10. The predicted octanol–water partition coefficient (Wildman–Crippen LogP) is 2.79. The van der Waals surface area contributed by atoms with E-state index in [0.717, 1.165) is 22.6 Å². The Morgan fingerprint density at radius 3 is 1.91 bits per heavy atom. The lowest BCUT2D eigenvalue weighted by Gasteiger charge is -2.19. The van der Waals surface area contributed by atoms with Crippen LogP contribution in [0.3, 0.4) is 0 Å². The Hall–Kier alpha value is -3.92. The van der Waals surface area contributed by atoms with E-state index < -0.39 is 11.9 Å². The fourth-order valence-corrected chi connectivity index (χ4v) is 2.94. The molecular weight excluding hydrogens is 442 g/mol. The molecule has 0 bridgehead atoms. The van der Waals surface area contributed by atoms with Crippen LogP contribution < -0.4 is 15.4 Å². The topological polar surface area (TPSA) is 145 Å². The van der Waals surface area contributed by atoms with Crippen molar-refractivity contribution >= 4 is 35.1 Å². The molecule has 0 saturated carbocycles. The molecule has 184 valence electrons. The van der Waals surface area contributed by atoms with Crippen molar-refractivity contribution in [1.82, 2.24) is 4.90 Å². The fraction of sp³-hybridized carbons (Fsp3) is 0.333. The Labute approximate surface area is 198 Å². The number of carboxylic acid groups (broad SMARTS) is 2. The molecule has 0 aliphatic carbocycles. The smallest absolute Gasteiger partial charge is 0.414 e. The standard InChI is InChI=1S/C22H29N3O3.C2H2O4/c1-15(2)19-8-6-7-16(3)22(19)24-21(27)14-25(4)13-20(26)23-17-9-11-18(28-5)12-10-17;3-1(4)2(5)6/h6-12,15H,13-14H2,1-5H3,(H,23,26)(H,24,27);(H,3,4)(H,5,6). The van der Waals surface area contributed by atoms with Crippen LogP contribution in [0.5, 0.6) is 5.75 Å². The molecule has 0 heterocycles. The minimum absolute atomic E-state index is 0.115. The molecular formula is C24H31N3O7. The highest BCUT2D eigenvalue weighted by Gasteiger charge is 2.15.